The number of piperazine rings is 1. The van der Waals surface area contributed by atoms with Crippen LogP contribution in [-0.4, -0.2) is 68.6 Å². The van der Waals surface area contributed by atoms with Gasteiger partial charge in [0.25, 0.3) is 0 Å². The molecule has 0 aliphatic carbocycles. The van der Waals surface area contributed by atoms with Crippen LogP contribution < -0.4 is 5.32 Å². The molecule has 7 heteroatoms. The third-order valence-corrected chi connectivity index (χ3v) is 6.47. The van der Waals surface area contributed by atoms with Crippen LogP contribution in [0.25, 0.3) is 0 Å². The molecule has 1 N–H and O–H groups in total. The van der Waals surface area contributed by atoms with Gasteiger partial charge in [-0.3, -0.25) is 4.79 Å². The van der Waals surface area contributed by atoms with E-state index < -0.39 is 15.4 Å². The molecule has 0 aromatic heterocycles. The number of hydrogen-bond donors (Lipinski definition) is 1. The van der Waals surface area contributed by atoms with Crippen molar-refractivity contribution in [3.05, 3.63) is 0 Å². The quantitative estimate of drug-likeness (QED) is 0.807. The van der Waals surface area contributed by atoms with Crippen LogP contribution in [0, 0.1) is 5.41 Å². The summed E-state index contributed by atoms with van der Waals surface area (Å²) in [6, 6.07) is 0. The fraction of sp³-hybridized carbons (Fsp3) is 0.929. The second-order valence-corrected chi connectivity index (χ2v) is 8.61. The highest BCUT2D eigenvalue weighted by Gasteiger charge is 2.39. The van der Waals surface area contributed by atoms with E-state index >= 15 is 0 Å². The van der Waals surface area contributed by atoms with Crippen molar-refractivity contribution in [1.29, 1.82) is 0 Å². The Balaban J connectivity index is 2.02. The third kappa shape index (κ3) is 4.17. The number of nitrogens with one attached hydrogen (secondary N) is 1. The van der Waals surface area contributed by atoms with Crippen molar-refractivity contribution in [2.75, 3.05) is 45.0 Å². The predicted molar refractivity (Wildman–Crippen MR) is 82.4 cm³/mol. The molecular formula is C14H27N3O3S. The topological polar surface area (TPSA) is 69.7 Å². The molecule has 0 atom stereocenters. The normalized spacial score (nSPS) is 22.3. The maximum atomic E-state index is 12.6. The first-order chi connectivity index (χ1) is 9.83. The molecule has 0 aromatic rings. The number of likely N-dealkylation sites (tertiary alicyclic amines) is 1. The number of rotatable bonds is 4. The number of carbonyl (C=O) groups is 1. The van der Waals surface area contributed by atoms with Crippen LogP contribution in [0.3, 0.4) is 0 Å². The molecule has 0 spiro atoms. The summed E-state index contributed by atoms with van der Waals surface area (Å²) in [5.74, 6) is -0.129. The average Bonchev–Trinajstić information content (AvgIpc) is 2.47. The summed E-state index contributed by atoms with van der Waals surface area (Å²) in [4.78, 5) is 14.4. The zero-order valence-corrected chi connectivity index (χ0v) is 13.9. The fourth-order valence-electron chi connectivity index (χ4n) is 3.06. The van der Waals surface area contributed by atoms with Crippen LogP contribution in [0.2, 0.25) is 0 Å². The van der Waals surface area contributed by atoms with E-state index in [0.29, 0.717) is 26.2 Å². The standard InChI is InChI=1S/C14H27N3O3S/c1-14(2,13(18)16-8-4-3-5-9-16)12-21(19,20)17-10-6-15-7-11-17/h15H,3-12H2,1-2H3. The number of amides is 1. The van der Waals surface area contributed by atoms with E-state index in [9.17, 15) is 13.2 Å². The molecule has 1 amide bonds. The maximum absolute atomic E-state index is 12.6. The lowest BCUT2D eigenvalue weighted by Crippen LogP contribution is -2.51. The van der Waals surface area contributed by atoms with E-state index in [1.54, 1.807) is 13.8 Å². The van der Waals surface area contributed by atoms with E-state index in [4.69, 9.17) is 0 Å². The zero-order valence-electron chi connectivity index (χ0n) is 13.1. The van der Waals surface area contributed by atoms with Crippen LogP contribution in [0.15, 0.2) is 0 Å². The molecule has 0 bridgehead atoms. The summed E-state index contributed by atoms with van der Waals surface area (Å²) in [5.41, 5.74) is -0.860. The van der Waals surface area contributed by atoms with E-state index in [2.05, 4.69) is 5.32 Å². The van der Waals surface area contributed by atoms with Crippen molar-refractivity contribution in [2.24, 2.45) is 5.41 Å². The minimum atomic E-state index is -3.38. The van der Waals surface area contributed by atoms with Gasteiger partial charge in [0, 0.05) is 39.3 Å². The third-order valence-electron chi connectivity index (χ3n) is 4.23. The van der Waals surface area contributed by atoms with Gasteiger partial charge in [0.15, 0.2) is 0 Å². The molecule has 0 unspecified atom stereocenters. The summed E-state index contributed by atoms with van der Waals surface area (Å²) in [7, 11) is -3.38. The number of sulfonamides is 1. The van der Waals surface area contributed by atoms with Gasteiger partial charge < -0.3 is 10.2 Å². The Bertz CT molecular complexity index is 464. The van der Waals surface area contributed by atoms with E-state index in [1.807, 2.05) is 4.90 Å². The predicted octanol–water partition coefficient (Wildman–Crippen LogP) is 0.260. The highest BCUT2D eigenvalue weighted by atomic mass is 32.2. The average molecular weight is 317 g/mol. The molecule has 0 saturated carbocycles. The van der Waals surface area contributed by atoms with Crippen molar-refractivity contribution in [1.82, 2.24) is 14.5 Å². The van der Waals surface area contributed by atoms with Crippen LogP contribution in [0.1, 0.15) is 33.1 Å². The van der Waals surface area contributed by atoms with Crippen molar-refractivity contribution >= 4 is 15.9 Å². The van der Waals surface area contributed by atoms with Crippen molar-refractivity contribution in [2.45, 2.75) is 33.1 Å². The molecule has 2 heterocycles. The van der Waals surface area contributed by atoms with Gasteiger partial charge in [-0.1, -0.05) is 0 Å². The van der Waals surface area contributed by atoms with Gasteiger partial charge in [0.2, 0.25) is 15.9 Å². The van der Waals surface area contributed by atoms with Crippen LogP contribution in [0.4, 0.5) is 0 Å². The molecule has 2 aliphatic heterocycles. The van der Waals surface area contributed by atoms with Gasteiger partial charge in [0.05, 0.1) is 11.2 Å². The second kappa shape index (κ2) is 6.62. The van der Waals surface area contributed by atoms with Crippen LogP contribution in [0.5, 0.6) is 0 Å². The monoisotopic (exact) mass is 317 g/mol. The number of carbonyl (C=O) groups excluding carboxylic acids is 1. The van der Waals surface area contributed by atoms with Gasteiger partial charge in [-0.05, 0) is 33.1 Å². The minimum absolute atomic E-state index is 0.0269. The highest BCUT2D eigenvalue weighted by molar-refractivity contribution is 7.89. The maximum Gasteiger partial charge on any atom is 0.229 e. The molecule has 122 valence electrons. The first-order valence-corrected chi connectivity index (χ1v) is 9.42. The largest absolute Gasteiger partial charge is 0.342 e. The van der Waals surface area contributed by atoms with Gasteiger partial charge in [-0.25, -0.2) is 8.42 Å². The van der Waals surface area contributed by atoms with Gasteiger partial charge >= 0.3 is 0 Å². The summed E-state index contributed by atoms with van der Waals surface area (Å²) in [5, 5.41) is 3.14. The lowest BCUT2D eigenvalue weighted by molar-refractivity contribution is -0.140. The molecule has 6 nitrogen and oxygen atoms in total. The lowest BCUT2D eigenvalue weighted by Gasteiger charge is -2.36. The van der Waals surface area contributed by atoms with Gasteiger partial charge in [0.1, 0.15) is 0 Å². The molecular weight excluding hydrogens is 290 g/mol. The van der Waals surface area contributed by atoms with Crippen molar-refractivity contribution in [3.63, 3.8) is 0 Å². The van der Waals surface area contributed by atoms with E-state index in [0.717, 1.165) is 32.4 Å². The van der Waals surface area contributed by atoms with E-state index in [1.165, 1.54) is 4.31 Å². The molecule has 0 aromatic carbocycles. The summed E-state index contributed by atoms with van der Waals surface area (Å²) in [6.07, 6.45) is 3.20. The Morgan fingerprint density at radius 3 is 2.19 bits per heavy atom. The number of hydrogen-bond acceptors (Lipinski definition) is 4. The fourth-order valence-corrected chi connectivity index (χ4v) is 5.01. The molecule has 2 aliphatic rings. The zero-order chi connectivity index (χ0) is 15.5. The van der Waals surface area contributed by atoms with E-state index in [-0.39, 0.29) is 11.7 Å². The summed E-state index contributed by atoms with van der Waals surface area (Å²) < 4.78 is 26.5. The van der Waals surface area contributed by atoms with Crippen LogP contribution in [-0.2, 0) is 14.8 Å². The number of nitrogens with zero attached hydrogens (tertiary/aromatic N) is 2. The minimum Gasteiger partial charge on any atom is -0.342 e. The molecule has 21 heavy (non-hydrogen) atoms. The highest BCUT2D eigenvalue weighted by Crippen LogP contribution is 2.25. The Kier molecular flexibility index (Phi) is 5.27. The first-order valence-electron chi connectivity index (χ1n) is 7.81. The Morgan fingerprint density at radius 2 is 1.62 bits per heavy atom. The number of piperidine rings is 1. The molecule has 0 radical (unpaired) electrons. The van der Waals surface area contributed by atoms with Gasteiger partial charge in [-0.15, -0.1) is 0 Å². The molecule has 2 fully saturated rings. The second-order valence-electron chi connectivity index (χ2n) is 6.64. The SMILES string of the molecule is CC(C)(CS(=O)(=O)N1CCNCC1)C(=O)N1CCCCC1. The summed E-state index contributed by atoms with van der Waals surface area (Å²) in [6.45, 7) is 7.38. The van der Waals surface area contributed by atoms with Crippen LogP contribution >= 0.6 is 0 Å². The smallest absolute Gasteiger partial charge is 0.229 e. The molecule has 2 rings (SSSR count). The van der Waals surface area contributed by atoms with Gasteiger partial charge in [-0.2, -0.15) is 4.31 Å². The Hall–Kier alpha value is -0.660. The molecule has 2 saturated heterocycles. The first kappa shape index (κ1) is 16.7. The Labute approximate surface area is 127 Å². The van der Waals surface area contributed by atoms with Crippen molar-refractivity contribution < 1.29 is 13.2 Å². The lowest BCUT2D eigenvalue weighted by atomic mass is 9.93. The summed E-state index contributed by atoms with van der Waals surface area (Å²) >= 11 is 0. The Morgan fingerprint density at radius 1 is 1.05 bits per heavy atom. The van der Waals surface area contributed by atoms with Crippen molar-refractivity contribution in [3.8, 4) is 0 Å².